The van der Waals surface area contributed by atoms with Gasteiger partial charge in [-0.2, -0.15) is 18.3 Å². The molecule has 0 aliphatic carbocycles. The monoisotopic (exact) mass is 518 g/mol. The Balaban J connectivity index is 2.21. The zero-order chi connectivity index (χ0) is 20.6. The van der Waals surface area contributed by atoms with E-state index < -0.39 is 17.8 Å². The van der Waals surface area contributed by atoms with Gasteiger partial charge in [0.05, 0.1) is 10.2 Å². The molecule has 0 aliphatic rings. The van der Waals surface area contributed by atoms with Gasteiger partial charge >= 0.3 is 6.18 Å². The molecule has 1 atom stereocenters. The van der Waals surface area contributed by atoms with Crippen molar-refractivity contribution in [1.29, 1.82) is 0 Å². The molecule has 0 saturated heterocycles. The van der Waals surface area contributed by atoms with E-state index in [1.807, 2.05) is 6.92 Å². The predicted octanol–water partition coefficient (Wildman–Crippen LogP) is 5.47. The summed E-state index contributed by atoms with van der Waals surface area (Å²) in [7, 11) is 0. The van der Waals surface area contributed by atoms with Gasteiger partial charge in [0.25, 0.3) is 5.91 Å². The quantitative estimate of drug-likeness (QED) is 0.497. The Hall–Kier alpha value is -1.94. The van der Waals surface area contributed by atoms with Crippen molar-refractivity contribution in [3.63, 3.8) is 0 Å². The molecule has 2 heterocycles. The minimum atomic E-state index is -4.68. The SMILES string of the molecule is CC[C@H](C)NC(=O)c1nn2c(C(F)(F)F)cc(-c3ccc(Br)cc3)nc2c1Br. The number of nitrogens with one attached hydrogen (secondary N) is 1. The van der Waals surface area contributed by atoms with E-state index in [1.165, 1.54) is 0 Å². The van der Waals surface area contributed by atoms with Crippen LogP contribution < -0.4 is 5.32 Å². The number of carbonyl (C=O) groups is 1. The topological polar surface area (TPSA) is 59.3 Å². The third kappa shape index (κ3) is 4.07. The number of nitrogens with zero attached hydrogens (tertiary/aromatic N) is 3. The third-order valence-corrected chi connectivity index (χ3v) is 5.43. The maximum Gasteiger partial charge on any atom is 0.433 e. The smallest absolute Gasteiger partial charge is 0.348 e. The number of fused-ring (bicyclic) bond motifs is 1. The minimum absolute atomic E-state index is 0.0814. The highest BCUT2D eigenvalue weighted by atomic mass is 79.9. The van der Waals surface area contributed by atoms with Crippen LogP contribution >= 0.6 is 31.9 Å². The van der Waals surface area contributed by atoms with Gasteiger partial charge in [-0.3, -0.25) is 4.79 Å². The zero-order valence-electron chi connectivity index (χ0n) is 14.8. The summed E-state index contributed by atoms with van der Waals surface area (Å²) in [6.07, 6.45) is -4.00. The lowest BCUT2D eigenvalue weighted by Gasteiger charge is -2.11. The number of amides is 1. The first kappa shape index (κ1) is 20.8. The Labute approximate surface area is 175 Å². The van der Waals surface area contributed by atoms with Crippen LogP contribution in [0.25, 0.3) is 16.9 Å². The predicted molar refractivity (Wildman–Crippen MR) is 106 cm³/mol. The molecule has 3 aromatic rings. The fourth-order valence-corrected chi connectivity index (χ4v) is 3.28. The van der Waals surface area contributed by atoms with Crippen LogP contribution in [-0.2, 0) is 6.18 Å². The summed E-state index contributed by atoms with van der Waals surface area (Å²) in [5.74, 6) is -0.565. The van der Waals surface area contributed by atoms with Gasteiger partial charge in [0.15, 0.2) is 17.0 Å². The molecule has 2 aromatic heterocycles. The number of hydrogen-bond donors (Lipinski definition) is 1. The fraction of sp³-hybridized carbons (Fsp3) is 0.278. The highest BCUT2D eigenvalue weighted by Gasteiger charge is 2.36. The molecule has 0 fully saturated rings. The standard InChI is InChI=1S/C18H15Br2F3N4O/c1-3-9(2)24-17(28)15-14(20)16-25-12(10-4-6-11(19)7-5-10)8-13(18(21,22)23)27(16)26-15/h4-9H,3H2,1-2H3,(H,24,28)/t9-/m0/s1. The minimum Gasteiger partial charge on any atom is -0.348 e. The van der Waals surface area contributed by atoms with E-state index in [0.29, 0.717) is 16.5 Å². The van der Waals surface area contributed by atoms with Crippen LogP contribution in [0.1, 0.15) is 36.5 Å². The van der Waals surface area contributed by atoms with Crippen LogP contribution in [-0.4, -0.2) is 26.5 Å². The number of rotatable bonds is 4. The molecule has 5 nitrogen and oxygen atoms in total. The van der Waals surface area contributed by atoms with Crippen molar-refractivity contribution in [2.24, 2.45) is 0 Å². The normalized spacial score (nSPS) is 13.0. The van der Waals surface area contributed by atoms with Crippen molar-refractivity contribution in [3.8, 4) is 11.3 Å². The van der Waals surface area contributed by atoms with Gasteiger partial charge in [-0.05, 0) is 47.5 Å². The summed E-state index contributed by atoms with van der Waals surface area (Å²) in [5, 5.41) is 6.58. The van der Waals surface area contributed by atoms with Crippen LogP contribution in [0.15, 0.2) is 39.3 Å². The summed E-state index contributed by atoms with van der Waals surface area (Å²) < 4.78 is 42.6. The molecule has 28 heavy (non-hydrogen) atoms. The zero-order valence-corrected chi connectivity index (χ0v) is 18.0. The second-order valence-corrected chi connectivity index (χ2v) is 7.92. The van der Waals surface area contributed by atoms with Gasteiger partial charge in [-0.15, -0.1) is 0 Å². The molecular formula is C18H15Br2F3N4O. The lowest BCUT2D eigenvalue weighted by atomic mass is 10.1. The first-order valence-corrected chi connectivity index (χ1v) is 9.93. The molecular weight excluding hydrogens is 505 g/mol. The van der Waals surface area contributed by atoms with Crippen LogP contribution in [0.3, 0.4) is 0 Å². The van der Waals surface area contributed by atoms with Crippen molar-refractivity contribution in [3.05, 3.63) is 50.7 Å². The van der Waals surface area contributed by atoms with E-state index in [4.69, 9.17) is 0 Å². The van der Waals surface area contributed by atoms with Crippen LogP contribution in [0.2, 0.25) is 0 Å². The third-order valence-electron chi connectivity index (χ3n) is 4.17. The molecule has 0 radical (unpaired) electrons. The maximum absolute atomic E-state index is 13.7. The average molecular weight is 520 g/mol. The van der Waals surface area contributed by atoms with Gasteiger partial charge in [0, 0.05) is 16.1 Å². The van der Waals surface area contributed by atoms with Crippen LogP contribution in [0.5, 0.6) is 0 Å². The molecule has 10 heteroatoms. The first-order valence-electron chi connectivity index (χ1n) is 8.35. The molecule has 0 saturated carbocycles. The van der Waals surface area contributed by atoms with E-state index in [-0.39, 0.29) is 27.5 Å². The number of hydrogen-bond acceptors (Lipinski definition) is 3. The Kier molecular flexibility index (Phi) is 5.81. The Morgan fingerprint density at radius 3 is 2.46 bits per heavy atom. The van der Waals surface area contributed by atoms with Crippen molar-refractivity contribution in [2.75, 3.05) is 0 Å². The van der Waals surface area contributed by atoms with E-state index in [2.05, 4.69) is 47.3 Å². The molecule has 0 aliphatic heterocycles. The molecule has 1 amide bonds. The molecule has 0 spiro atoms. The second-order valence-electron chi connectivity index (χ2n) is 6.21. The van der Waals surface area contributed by atoms with E-state index in [1.54, 1.807) is 31.2 Å². The van der Waals surface area contributed by atoms with Crippen molar-refractivity contribution in [2.45, 2.75) is 32.5 Å². The van der Waals surface area contributed by atoms with E-state index in [0.717, 1.165) is 10.5 Å². The first-order chi connectivity index (χ1) is 13.1. The van der Waals surface area contributed by atoms with Gasteiger partial charge in [0.1, 0.15) is 0 Å². The van der Waals surface area contributed by atoms with E-state index >= 15 is 0 Å². The summed E-state index contributed by atoms with van der Waals surface area (Å²) in [5.41, 5.74) is -0.608. The molecule has 0 bridgehead atoms. The number of alkyl halides is 3. The van der Waals surface area contributed by atoms with Crippen molar-refractivity contribution >= 4 is 43.4 Å². The lowest BCUT2D eigenvalue weighted by Crippen LogP contribution is -2.32. The molecule has 1 aromatic carbocycles. The fourth-order valence-electron chi connectivity index (χ4n) is 2.50. The van der Waals surface area contributed by atoms with E-state index in [9.17, 15) is 18.0 Å². The average Bonchev–Trinajstić information content (AvgIpc) is 2.97. The van der Waals surface area contributed by atoms with Crippen molar-refractivity contribution < 1.29 is 18.0 Å². The Bertz CT molecular complexity index is 1030. The summed E-state index contributed by atoms with van der Waals surface area (Å²) in [4.78, 5) is 16.7. The van der Waals surface area contributed by atoms with Crippen LogP contribution in [0.4, 0.5) is 13.2 Å². The molecule has 3 rings (SSSR count). The van der Waals surface area contributed by atoms with Crippen molar-refractivity contribution in [1.82, 2.24) is 19.9 Å². The highest BCUT2D eigenvalue weighted by molar-refractivity contribution is 9.11. The van der Waals surface area contributed by atoms with Crippen LogP contribution in [0, 0.1) is 0 Å². The molecule has 0 unspecified atom stereocenters. The number of aromatic nitrogens is 3. The largest absolute Gasteiger partial charge is 0.433 e. The van der Waals surface area contributed by atoms with Gasteiger partial charge < -0.3 is 5.32 Å². The summed E-state index contributed by atoms with van der Waals surface area (Å²) in [6, 6.07) is 7.52. The highest BCUT2D eigenvalue weighted by Crippen LogP contribution is 2.34. The summed E-state index contributed by atoms with van der Waals surface area (Å²) in [6.45, 7) is 3.68. The lowest BCUT2D eigenvalue weighted by molar-refractivity contribution is -0.142. The maximum atomic E-state index is 13.7. The summed E-state index contributed by atoms with van der Waals surface area (Å²) >= 11 is 6.50. The number of halogens is 5. The Morgan fingerprint density at radius 1 is 1.25 bits per heavy atom. The molecule has 148 valence electrons. The van der Waals surface area contributed by atoms with Gasteiger partial charge in [0.2, 0.25) is 0 Å². The van der Waals surface area contributed by atoms with Gasteiger partial charge in [-0.1, -0.05) is 35.0 Å². The number of benzene rings is 1. The molecule has 1 N–H and O–H groups in total. The number of carbonyl (C=O) groups excluding carboxylic acids is 1. The second kappa shape index (κ2) is 7.82. The van der Waals surface area contributed by atoms with Gasteiger partial charge in [-0.25, -0.2) is 9.50 Å². The Morgan fingerprint density at radius 2 is 1.89 bits per heavy atom.